The van der Waals surface area contributed by atoms with Crippen LogP contribution in [-0.2, 0) is 19.1 Å². The summed E-state index contributed by atoms with van der Waals surface area (Å²) in [4.78, 5) is 24.3. The van der Waals surface area contributed by atoms with Crippen molar-refractivity contribution >= 4 is 11.9 Å². The maximum absolute atomic E-state index is 12.2. The van der Waals surface area contributed by atoms with Gasteiger partial charge in [0.05, 0.1) is 6.61 Å². The van der Waals surface area contributed by atoms with Crippen molar-refractivity contribution in [1.82, 2.24) is 0 Å². The van der Waals surface area contributed by atoms with Crippen LogP contribution in [0.3, 0.4) is 0 Å². The number of hydrogen-bond acceptors (Lipinski definition) is 5. The normalized spacial score (nSPS) is 12.8. The third-order valence-corrected chi connectivity index (χ3v) is 10.4. The van der Waals surface area contributed by atoms with Crippen molar-refractivity contribution in [3.63, 3.8) is 0 Å². The van der Waals surface area contributed by atoms with Crippen LogP contribution in [-0.4, -0.2) is 36.4 Å². The summed E-state index contributed by atoms with van der Waals surface area (Å²) >= 11 is 0. The van der Waals surface area contributed by atoms with Crippen LogP contribution < -0.4 is 0 Å². The zero-order valence-electron chi connectivity index (χ0n) is 33.6. The summed E-state index contributed by atoms with van der Waals surface area (Å²) in [5, 5.41) is 9.58. The summed E-state index contributed by atoms with van der Waals surface area (Å²) in [5.74, 6) is 1.18. The van der Waals surface area contributed by atoms with Crippen molar-refractivity contribution in [2.24, 2.45) is 11.8 Å². The Kier molecular flexibility index (Phi) is 37.3. The minimum absolute atomic E-state index is 0.0579. The number of ether oxygens (including phenoxy) is 2. The van der Waals surface area contributed by atoms with Gasteiger partial charge in [-0.25, -0.2) is 0 Å². The SMILES string of the molecule is CCC(C)CCCCCCCCCCCCCCCCC(=O)O[C@@H](CO)COC(=O)CCCCCCCCCCCCCCCCC(C)C. The molecule has 0 aromatic carbocycles. The maximum Gasteiger partial charge on any atom is 0.306 e. The first-order valence-electron chi connectivity index (χ1n) is 21.8. The van der Waals surface area contributed by atoms with E-state index >= 15 is 0 Å². The van der Waals surface area contributed by atoms with Gasteiger partial charge in [0.15, 0.2) is 6.10 Å². The number of esters is 2. The molecule has 0 aromatic heterocycles. The van der Waals surface area contributed by atoms with E-state index in [2.05, 4.69) is 27.7 Å². The fourth-order valence-corrected chi connectivity index (χ4v) is 6.66. The molecule has 0 radical (unpaired) electrons. The molecule has 0 bridgehead atoms. The standard InChI is InChI=1S/C44H86O5/c1-5-41(4)35-31-27-23-19-15-11-7-9-13-17-21-25-29-33-37-44(47)49-42(38-45)39-48-43(46)36-32-28-24-20-16-12-8-6-10-14-18-22-26-30-34-40(2)3/h40-42,45H,5-39H2,1-4H3/t41?,42-/m0/s1. The molecular weight excluding hydrogens is 608 g/mol. The third-order valence-electron chi connectivity index (χ3n) is 10.4. The Labute approximate surface area is 306 Å². The van der Waals surface area contributed by atoms with Gasteiger partial charge in [0.25, 0.3) is 0 Å². The van der Waals surface area contributed by atoms with Crippen LogP contribution in [0.2, 0.25) is 0 Å². The van der Waals surface area contributed by atoms with Crippen molar-refractivity contribution in [1.29, 1.82) is 0 Å². The van der Waals surface area contributed by atoms with E-state index in [0.29, 0.717) is 12.8 Å². The molecule has 5 heteroatoms. The first-order valence-corrected chi connectivity index (χ1v) is 21.8. The van der Waals surface area contributed by atoms with Crippen LogP contribution in [0.15, 0.2) is 0 Å². The zero-order valence-corrected chi connectivity index (χ0v) is 33.6. The molecule has 0 spiro atoms. The molecule has 0 aliphatic heterocycles. The van der Waals surface area contributed by atoms with Gasteiger partial charge in [-0.2, -0.15) is 0 Å². The van der Waals surface area contributed by atoms with Gasteiger partial charge in [0, 0.05) is 12.8 Å². The summed E-state index contributed by atoms with van der Waals surface area (Å²) in [6.07, 6.45) is 40.2. The molecule has 0 heterocycles. The average molecular weight is 695 g/mol. The highest BCUT2D eigenvalue weighted by atomic mass is 16.6. The quantitative estimate of drug-likeness (QED) is 0.0512. The van der Waals surface area contributed by atoms with Gasteiger partial charge in [0.1, 0.15) is 6.61 Å². The number of hydrogen-bond donors (Lipinski definition) is 1. The minimum Gasteiger partial charge on any atom is -0.462 e. The summed E-state index contributed by atoms with van der Waals surface area (Å²) in [7, 11) is 0. The van der Waals surface area contributed by atoms with Crippen LogP contribution in [0.4, 0.5) is 0 Å². The Balaban J connectivity index is 3.48. The monoisotopic (exact) mass is 695 g/mol. The Morgan fingerprint density at radius 3 is 1.14 bits per heavy atom. The van der Waals surface area contributed by atoms with E-state index in [-0.39, 0.29) is 25.2 Å². The highest BCUT2D eigenvalue weighted by Gasteiger charge is 2.16. The van der Waals surface area contributed by atoms with E-state index in [9.17, 15) is 14.7 Å². The topological polar surface area (TPSA) is 72.8 Å². The summed E-state index contributed by atoms with van der Waals surface area (Å²) in [6, 6.07) is 0. The Hall–Kier alpha value is -1.10. The molecule has 0 aliphatic carbocycles. The molecule has 0 saturated carbocycles. The lowest BCUT2D eigenvalue weighted by Crippen LogP contribution is -2.28. The smallest absolute Gasteiger partial charge is 0.306 e. The van der Waals surface area contributed by atoms with E-state index in [1.807, 2.05) is 0 Å². The molecular formula is C44H86O5. The molecule has 292 valence electrons. The second-order valence-corrected chi connectivity index (χ2v) is 15.9. The highest BCUT2D eigenvalue weighted by molar-refractivity contribution is 5.70. The fourth-order valence-electron chi connectivity index (χ4n) is 6.66. The molecule has 0 rings (SSSR count). The lowest BCUT2D eigenvalue weighted by Gasteiger charge is -2.15. The number of carbonyl (C=O) groups excluding carboxylic acids is 2. The Morgan fingerprint density at radius 2 is 0.796 bits per heavy atom. The second kappa shape index (κ2) is 38.1. The van der Waals surface area contributed by atoms with Crippen LogP contribution in [0.1, 0.15) is 240 Å². The van der Waals surface area contributed by atoms with Gasteiger partial charge >= 0.3 is 11.9 Å². The first kappa shape index (κ1) is 47.9. The molecule has 2 atom stereocenters. The third kappa shape index (κ3) is 38.0. The van der Waals surface area contributed by atoms with Crippen LogP contribution >= 0.6 is 0 Å². The van der Waals surface area contributed by atoms with Gasteiger partial charge < -0.3 is 14.6 Å². The van der Waals surface area contributed by atoms with E-state index in [1.165, 1.54) is 167 Å². The van der Waals surface area contributed by atoms with Gasteiger partial charge in [-0.15, -0.1) is 0 Å². The second-order valence-electron chi connectivity index (χ2n) is 15.9. The van der Waals surface area contributed by atoms with Gasteiger partial charge in [-0.3, -0.25) is 9.59 Å². The van der Waals surface area contributed by atoms with Crippen molar-refractivity contribution in [3.05, 3.63) is 0 Å². The number of rotatable bonds is 39. The highest BCUT2D eigenvalue weighted by Crippen LogP contribution is 2.17. The molecule has 49 heavy (non-hydrogen) atoms. The maximum atomic E-state index is 12.2. The first-order chi connectivity index (χ1) is 23.9. The predicted molar refractivity (Wildman–Crippen MR) is 210 cm³/mol. The summed E-state index contributed by atoms with van der Waals surface area (Å²) < 4.78 is 10.6. The fraction of sp³-hybridized carbons (Fsp3) is 0.955. The lowest BCUT2D eigenvalue weighted by molar-refractivity contribution is -0.161. The largest absolute Gasteiger partial charge is 0.462 e. The lowest BCUT2D eigenvalue weighted by atomic mass is 9.99. The van der Waals surface area contributed by atoms with Gasteiger partial charge in [-0.05, 0) is 24.7 Å². The van der Waals surface area contributed by atoms with E-state index < -0.39 is 6.10 Å². The van der Waals surface area contributed by atoms with Crippen LogP contribution in [0.5, 0.6) is 0 Å². The minimum atomic E-state index is -0.763. The van der Waals surface area contributed by atoms with Gasteiger partial charge in [0.2, 0.25) is 0 Å². The van der Waals surface area contributed by atoms with Crippen molar-refractivity contribution in [2.45, 2.75) is 246 Å². The summed E-state index contributed by atoms with van der Waals surface area (Å²) in [6.45, 7) is 8.92. The number of aliphatic hydroxyl groups is 1. The molecule has 0 aliphatic rings. The van der Waals surface area contributed by atoms with E-state index in [1.54, 1.807) is 0 Å². The summed E-state index contributed by atoms with van der Waals surface area (Å²) in [5.41, 5.74) is 0. The van der Waals surface area contributed by atoms with Crippen molar-refractivity contribution < 1.29 is 24.2 Å². The predicted octanol–water partition coefficient (Wildman–Crippen LogP) is 13.6. The zero-order chi connectivity index (χ0) is 36.0. The van der Waals surface area contributed by atoms with E-state index in [0.717, 1.165) is 43.9 Å². The molecule has 0 saturated heterocycles. The number of unbranched alkanes of at least 4 members (excludes halogenated alkanes) is 26. The van der Waals surface area contributed by atoms with E-state index in [4.69, 9.17) is 9.47 Å². The molecule has 1 unspecified atom stereocenters. The molecule has 0 aromatic rings. The average Bonchev–Trinajstić information content (AvgIpc) is 3.09. The van der Waals surface area contributed by atoms with Crippen molar-refractivity contribution in [2.75, 3.05) is 13.2 Å². The van der Waals surface area contributed by atoms with Gasteiger partial charge in [-0.1, -0.05) is 214 Å². The van der Waals surface area contributed by atoms with Crippen molar-refractivity contribution in [3.8, 4) is 0 Å². The Morgan fingerprint density at radius 1 is 0.469 bits per heavy atom. The molecule has 1 N–H and O–H groups in total. The van der Waals surface area contributed by atoms with Crippen LogP contribution in [0, 0.1) is 11.8 Å². The molecule has 0 amide bonds. The molecule has 0 fully saturated rings. The Bertz CT molecular complexity index is 693. The molecule has 5 nitrogen and oxygen atoms in total. The van der Waals surface area contributed by atoms with Crippen LogP contribution in [0.25, 0.3) is 0 Å². The number of aliphatic hydroxyl groups excluding tert-OH is 1. The number of carbonyl (C=O) groups is 2.